The van der Waals surface area contributed by atoms with E-state index in [0.717, 1.165) is 50.0 Å². The molecular formula is C19H24N6O. The van der Waals surface area contributed by atoms with Crippen LogP contribution in [-0.2, 0) is 4.79 Å². The van der Waals surface area contributed by atoms with Crippen molar-refractivity contribution in [1.82, 2.24) is 24.9 Å². The van der Waals surface area contributed by atoms with E-state index in [0.29, 0.717) is 19.1 Å². The summed E-state index contributed by atoms with van der Waals surface area (Å²) in [7, 11) is 0. The zero-order valence-electron chi connectivity index (χ0n) is 14.9. The van der Waals surface area contributed by atoms with Crippen LogP contribution in [0.15, 0.2) is 47.8 Å². The van der Waals surface area contributed by atoms with E-state index in [1.54, 1.807) is 11.2 Å². The van der Waals surface area contributed by atoms with Gasteiger partial charge in [-0.25, -0.2) is 9.69 Å². The second-order valence-corrected chi connectivity index (χ2v) is 6.92. The normalized spacial score (nSPS) is 21.5. The van der Waals surface area contributed by atoms with Crippen molar-refractivity contribution in [1.29, 1.82) is 0 Å². The summed E-state index contributed by atoms with van der Waals surface area (Å²) < 4.78 is 1.95. The number of likely N-dealkylation sites (tertiary alicyclic amines) is 1. The number of carbonyl (C=O) groups is 1. The number of amides is 1. The second kappa shape index (κ2) is 7.78. The van der Waals surface area contributed by atoms with Gasteiger partial charge in [0.15, 0.2) is 0 Å². The predicted octanol–water partition coefficient (Wildman–Crippen LogP) is 1.94. The van der Waals surface area contributed by atoms with Crippen LogP contribution >= 0.6 is 0 Å². The summed E-state index contributed by atoms with van der Waals surface area (Å²) in [6.07, 6.45) is 7.61. The minimum Gasteiger partial charge on any atom is -0.294 e. The number of rotatable bonds is 4. The Morgan fingerprint density at radius 1 is 1.12 bits per heavy atom. The van der Waals surface area contributed by atoms with Gasteiger partial charge in [0.2, 0.25) is 0 Å². The zero-order chi connectivity index (χ0) is 17.8. The first-order chi connectivity index (χ1) is 12.8. The van der Waals surface area contributed by atoms with Crippen LogP contribution in [0.1, 0.15) is 37.3 Å². The fourth-order valence-corrected chi connectivity index (χ4v) is 3.72. The second-order valence-electron chi connectivity index (χ2n) is 6.92. The molecule has 7 heteroatoms. The smallest absolute Gasteiger partial charge is 0.256 e. The van der Waals surface area contributed by atoms with Gasteiger partial charge in [-0.2, -0.15) is 5.10 Å². The molecule has 2 aliphatic rings. The number of hydrogen-bond donors (Lipinski definition) is 0. The minimum absolute atomic E-state index is 0.0927. The molecule has 1 amide bonds. The van der Waals surface area contributed by atoms with Crippen molar-refractivity contribution < 1.29 is 4.79 Å². The van der Waals surface area contributed by atoms with Crippen molar-refractivity contribution in [2.45, 2.75) is 31.7 Å². The Labute approximate surface area is 153 Å². The lowest BCUT2D eigenvalue weighted by Crippen LogP contribution is -2.37. The largest absolute Gasteiger partial charge is 0.294 e. The molecule has 0 spiro atoms. The molecule has 0 saturated carbocycles. The summed E-state index contributed by atoms with van der Waals surface area (Å²) in [5.74, 6) is 0.0927. The highest BCUT2D eigenvalue weighted by Crippen LogP contribution is 2.21. The monoisotopic (exact) mass is 352 g/mol. The molecule has 1 unspecified atom stereocenters. The fourth-order valence-electron chi connectivity index (χ4n) is 3.72. The molecule has 3 heterocycles. The van der Waals surface area contributed by atoms with Gasteiger partial charge in [-0.3, -0.25) is 9.69 Å². The molecule has 0 bridgehead atoms. The lowest BCUT2D eigenvalue weighted by Gasteiger charge is -2.21. The highest BCUT2D eigenvalue weighted by Gasteiger charge is 2.25. The molecule has 2 aliphatic heterocycles. The number of hydrazone groups is 1. The van der Waals surface area contributed by atoms with E-state index < -0.39 is 0 Å². The van der Waals surface area contributed by atoms with Gasteiger partial charge in [-0.15, -0.1) is 5.10 Å². The van der Waals surface area contributed by atoms with Crippen molar-refractivity contribution in [3.8, 4) is 0 Å². The van der Waals surface area contributed by atoms with Crippen molar-refractivity contribution in [3.63, 3.8) is 0 Å². The molecule has 1 aromatic heterocycles. The van der Waals surface area contributed by atoms with Crippen LogP contribution in [-0.4, -0.2) is 62.7 Å². The first-order valence-electron chi connectivity index (χ1n) is 9.31. The molecule has 1 saturated heterocycles. The van der Waals surface area contributed by atoms with Crippen LogP contribution in [0, 0.1) is 0 Å². The fraction of sp³-hybridized carbons (Fsp3) is 0.474. The molecule has 4 rings (SSSR count). The van der Waals surface area contributed by atoms with E-state index >= 15 is 0 Å². The lowest BCUT2D eigenvalue weighted by molar-refractivity contribution is -0.131. The maximum absolute atomic E-state index is 12.7. The quantitative estimate of drug-likeness (QED) is 0.843. The molecule has 1 fully saturated rings. The highest BCUT2D eigenvalue weighted by molar-refractivity contribution is 6.02. The Bertz CT molecular complexity index is 758. The Morgan fingerprint density at radius 2 is 2.00 bits per heavy atom. The summed E-state index contributed by atoms with van der Waals surface area (Å²) in [6, 6.07) is 10.5. The number of aromatic nitrogens is 3. The Kier molecular flexibility index (Phi) is 5.06. The van der Waals surface area contributed by atoms with Crippen molar-refractivity contribution in [3.05, 3.63) is 48.3 Å². The van der Waals surface area contributed by atoms with Crippen molar-refractivity contribution in [2.75, 3.05) is 26.2 Å². The zero-order valence-corrected chi connectivity index (χ0v) is 14.9. The SMILES string of the molecule is O=C(CN1CCCC(n2ccnn2)CC1)N1CCC(c2ccccc2)=N1. The Morgan fingerprint density at radius 3 is 2.81 bits per heavy atom. The van der Waals surface area contributed by atoms with Crippen LogP contribution in [0.5, 0.6) is 0 Å². The summed E-state index contributed by atoms with van der Waals surface area (Å²) in [5.41, 5.74) is 2.11. The van der Waals surface area contributed by atoms with E-state index in [1.165, 1.54) is 0 Å². The Balaban J connectivity index is 1.33. The predicted molar refractivity (Wildman–Crippen MR) is 98.7 cm³/mol. The van der Waals surface area contributed by atoms with Gasteiger partial charge >= 0.3 is 0 Å². The Hall–Kier alpha value is -2.54. The van der Waals surface area contributed by atoms with Crippen molar-refractivity contribution in [2.24, 2.45) is 5.10 Å². The van der Waals surface area contributed by atoms with Gasteiger partial charge in [0, 0.05) is 19.2 Å². The van der Waals surface area contributed by atoms with Gasteiger partial charge in [0.25, 0.3) is 5.91 Å². The summed E-state index contributed by atoms with van der Waals surface area (Å²) in [6.45, 7) is 2.97. The molecule has 2 aromatic rings. The average molecular weight is 352 g/mol. The van der Waals surface area contributed by atoms with Crippen LogP contribution in [0.3, 0.4) is 0 Å². The maximum Gasteiger partial charge on any atom is 0.256 e. The average Bonchev–Trinajstić information content (AvgIpc) is 3.33. The van der Waals surface area contributed by atoms with Crippen LogP contribution in [0.2, 0.25) is 0 Å². The van der Waals surface area contributed by atoms with Gasteiger partial charge < -0.3 is 0 Å². The molecule has 136 valence electrons. The van der Waals surface area contributed by atoms with Crippen LogP contribution in [0.25, 0.3) is 0 Å². The third-order valence-corrected chi connectivity index (χ3v) is 5.16. The van der Waals surface area contributed by atoms with E-state index in [1.807, 2.05) is 41.2 Å². The van der Waals surface area contributed by atoms with Crippen molar-refractivity contribution >= 4 is 11.6 Å². The number of carbonyl (C=O) groups excluding carboxylic acids is 1. The third kappa shape index (κ3) is 3.83. The van der Waals surface area contributed by atoms with E-state index in [2.05, 4.69) is 20.3 Å². The van der Waals surface area contributed by atoms with Gasteiger partial charge in [-0.1, -0.05) is 35.5 Å². The molecule has 1 aromatic carbocycles. The summed E-state index contributed by atoms with van der Waals surface area (Å²) in [4.78, 5) is 14.9. The third-order valence-electron chi connectivity index (χ3n) is 5.16. The molecule has 26 heavy (non-hydrogen) atoms. The first kappa shape index (κ1) is 16.9. The summed E-state index contributed by atoms with van der Waals surface area (Å²) in [5, 5.41) is 14.2. The molecule has 0 aliphatic carbocycles. The van der Waals surface area contributed by atoms with E-state index in [-0.39, 0.29) is 5.91 Å². The number of benzene rings is 1. The summed E-state index contributed by atoms with van der Waals surface area (Å²) >= 11 is 0. The standard InChI is InChI=1S/C19H24N6O/c26-19(25-13-9-18(21-25)16-5-2-1-3-6-16)15-23-11-4-7-17(8-12-23)24-14-10-20-22-24/h1-3,5-6,10,14,17H,4,7-9,11-13,15H2. The molecular weight excluding hydrogens is 328 g/mol. The maximum atomic E-state index is 12.7. The molecule has 0 radical (unpaired) electrons. The number of nitrogens with zero attached hydrogens (tertiary/aromatic N) is 6. The number of hydrogen-bond acceptors (Lipinski definition) is 5. The van der Waals surface area contributed by atoms with E-state index in [4.69, 9.17) is 0 Å². The van der Waals surface area contributed by atoms with Gasteiger partial charge in [0.05, 0.1) is 31.0 Å². The highest BCUT2D eigenvalue weighted by atomic mass is 16.2. The molecule has 1 atom stereocenters. The van der Waals surface area contributed by atoms with E-state index in [9.17, 15) is 4.79 Å². The van der Waals surface area contributed by atoms with Crippen LogP contribution < -0.4 is 0 Å². The first-order valence-corrected chi connectivity index (χ1v) is 9.31. The van der Waals surface area contributed by atoms with Gasteiger partial charge in [-0.05, 0) is 31.4 Å². The van der Waals surface area contributed by atoms with Gasteiger partial charge in [0.1, 0.15) is 0 Å². The molecule has 0 N–H and O–H groups in total. The lowest BCUT2D eigenvalue weighted by atomic mass is 10.1. The van der Waals surface area contributed by atoms with Crippen LogP contribution in [0.4, 0.5) is 0 Å². The molecule has 7 nitrogen and oxygen atoms in total. The topological polar surface area (TPSA) is 66.6 Å². The minimum atomic E-state index is 0.0927.